The quantitative estimate of drug-likeness (QED) is 0.902. The van der Waals surface area contributed by atoms with Gasteiger partial charge >= 0.3 is 6.18 Å². The molecule has 0 amide bonds. The van der Waals surface area contributed by atoms with Crippen LogP contribution >= 0.6 is 0 Å². The number of rotatable bonds is 2. The van der Waals surface area contributed by atoms with Gasteiger partial charge in [-0.2, -0.15) is 18.4 Å². The summed E-state index contributed by atoms with van der Waals surface area (Å²) in [5.41, 5.74) is -0.480. The Hall–Kier alpha value is -2.69. The Balaban J connectivity index is 2.13. The lowest BCUT2D eigenvalue weighted by molar-refractivity contribution is -0.141. The molecule has 0 unspecified atom stereocenters. The summed E-state index contributed by atoms with van der Waals surface area (Å²) < 4.78 is 36.9. The van der Waals surface area contributed by atoms with E-state index in [1.807, 2.05) is 0 Å². The van der Waals surface area contributed by atoms with Gasteiger partial charge in [0.05, 0.1) is 24.3 Å². The van der Waals surface area contributed by atoms with Crippen molar-refractivity contribution in [2.75, 3.05) is 5.32 Å². The maximum absolute atomic E-state index is 12.3. The number of halogens is 3. The zero-order chi connectivity index (χ0) is 13.9. The number of hydrogen-bond donors (Lipinski definition) is 1. The summed E-state index contributed by atoms with van der Waals surface area (Å²) in [6, 6.07) is 3.90. The minimum Gasteiger partial charge on any atom is -0.338 e. The average molecular weight is 265 g/mol. The largest absolute Gasteiger partial charge is 0.433 e. The van der Waals surface area contributed by atoms with E-state index in [0.717, 1.165) is 12.3 Å². The molecule has 2 rings (SSSR count). The standard InChI is InChI=1S/C11H6F3N5/c12-11(13,14)9-2-1-7(4-17-9)19-10-6-16-8(3-15)5-18-10/h1-2,4-6H,(H,18,19). The lowest BCUT2D eigenvalue weighted by Gasteiger charge is -2.07. The molecule has 0 aromatic carbocycles. The molecular formula is C11H6F3N5. The van der Waals surface area contributed by atoms with Crippen LogP contribution in [-0.2, 0) is 6.18 Å². The van der Waals surface area contributed by atoms with Crippen LogP contribution in [0.15, 0.2) is 30.7 Å². The van der Waals surface area contributed by atoms with Crippen LogP contribution < -0.4 is 5.32 Å². The summed E-state index contributed by atoms with van der Waals surface area (Å²) in [7, 11) is 0. The molecule has 19 heavy (non-hydrogen) atoms. The molecule has 96 valence electrons. The van der Waals surface area contributed by atoms with E-state index in [9.17, 15) is 13.2 Å². The Kier molecular flexibility index (Phi) is 3.29. The Morgan fingerprint density at radius 2 is 1.84 bits per heavy atom. The van der Waals surface area contributed by atoms with Crippen molar-refractivity contribution < 1.29 is 13.2 Å². The van der Waals surface area contributed by atoms with Crippen LogP contribution in [0.5, 0.6) is 0 Å². The minimum absolute atomic E-state index is 0.149. The second-order valence-electron chi connectivity index (χ2n) is 3.45. The Labute approximate surface area is 105 Å². The number of hydrogen-bond acceptors (Lipinski definition) is 5. The fourth-order valence-electron chi connectivity index (χ4n) is 1.23. The maximum Gasteiger partial charge on any atom is 0.433 e. The number of aromatic nitrogens is 3. The lowest BCUT2D eigenvalue weighted by Crippen LogP contribution is -2.07. The van der Waals surface area contributed by atoms with E-state index in [1.54, 1.807) is 6.07 Å². The van der Waals surface area contributed by atoms with Crippen molar-refractivity contribution >= 4 is 11.5 Å². The minimum atomic E-state index is -4.47. The lowest BCUT2D eigenvalue weighted by atomic mass is 10.3. The molecule has 0 atom stereocenters. The van der Waals surface area contributed by atoms with Gasteiger partial charge in [-0.05, 0) is 12.1 Å². The third-order valence-electron chi connectivity index (χ3n) is 2.09. The fourth-order valence-corrected chi connectivity index (χ4v) is 1.23. The molecule has 1 N–H and O–H groups in total. The molecule has 0 radical (unpaired) electrons. The van der Waals surface area contributed by atoms with Crippen LogP contribution in [0.25, 0.3) is 0 Å². The van der Waals surface area contributed by atoms with Crippen molar-refractivity contribution in [3.8, 4) is 6.07 Å². The van der Waals surface area contributed by atoms with Gasteiger partial charge in [0.2, 0.25) is 0 Å². The van der Waals surface area contributed by atoms with Gasteiger partial charge < -0.3 is 5.32 Å². The van der Waals surface area contributed by atoms with Crippen molar-refractivity contribution in [1.82, 2.24) is 15.0 Å². The maximum atomic E-state index is 12.3. The predicted molar refractivity (Wildman–Crippen MR) is 59.3 cm³/mol. The molecule has 0 saturated heterocycles. The van der Waals surface area contributed by atoms with Crippen LogP contribution in [0, 0.1) is 11.3 Å². The highest BCUT2D eigenvalue weighted by molar-refractivity contribution is 5.54. The Bertz CT molecular complexity index is 598. The number of anilines is 2. The SMILES string of the molecule is N#Cc1cnc(Nc2ccc(C(F)(F)F)nc2)cn1. The van der Waals surface area contributed by atoms with Crippen molar-refractivity contribution in [2.45, 2.75) is 6.18 Å². The first-order valence-corrected chi connectivity index (χ1v) is 5.01. The van der Waals surface area contributed by atoms with Crippen molar-refractivity contribution in [3.05, 3.63) is 42.1 Å². The van der Waals surface area contributed by atoms with Gasteiger partial charge in [-0.1, -0.05) is 0 Å². The van der Waals surface area contributed by atoms with Crippen LogP contribution in [0.2, 0.25) is 0 Å². The number of nitrogens with one attached hydrogen (secondary N) is 1. The number of nitrogens with zero attached hydrogens (tertiary/aromatic N) is 4. The first-order valence-electron chi connectivity index (χ1n) is 5.01. The fraction of sp³-hybridized carbons (Fsp3) is 0.0909. The molecule has 0 fully saturated rings. The highest BCUT2D eigenvalue weighted by atomic mass is 19.4. The van der Waals surface area contributed by atoms with Gasteiger partial charge in [0.15, 0.2) is 5.69 Å². The summed E-state index contributed by atoms with van der Waals surface area (Å²) in [6.07, 6.45) is -0.869. The molecule has 2 heterocycles. The molecule has 2 aromatic heterocycles. The highest BCUT2D eigenvalue weighted by Gasteiger charge is 2.31. The number of nitriles is 1. The van der Waals surface area contributed by atoms with E-state index in [4.69, 9.17) is 5.26 Å². The van der Waals surface area contributed by atoms with Gasteiger partial charge in [-0.3, -0.25) is 0 Å². The van der Waals surface area contributed by atoms with E-state index in [0.29, 0.717) is 11.5 Å². The van der Waals surface area contributed by atoms with Crippen molar-refractivity contribution in [2.24, 2.45) is 0 Å². The molecule has 2 aromatic rings. The van der Waals surface area contributed by atoms with E-state index in [2.05, 4.69) is 20.3 Å². The van der Waals surface area contributed by atoms with Crippen molar-refractivity contribution in [3.63, 3.8) is 0 Å². The van der Waals surface area contributed by atoms with Crippen molar-refractivity contribution in [1.29, 1.82) is 5.26 Å². The summed E-state index contributed by atoms with van der Waals surface area (Å²) >= 11 is 0. The molecule has 0 aliphatic rings. The molecular weight excluding hydrogens is 259 g/mol. The Morgan fingerprint density at radius 1 is 1.05 bits per heavy atom. The van der Waals surface area contributed by atoms with Gasteiger partial charge in [0.25, 0.3) is 0 Å². The number of alkyl halides is 3. The monoisotopic (exact) mass is 265 g/mol. The summed E-state index contributed by atoms with van der Waals surface area (Å²) in [6.45, 7) is 0. The highest BCUT2D eigenvalue weighted by Crippen LogP contribution is 2.28. The van der Waals surface area contributed by atoms with E-state index in [-0.39, 0.29) is 5.69 Å². The zero-order valence-corrected chi connectivity index (χ0v) is 9.31. The van der Waals surface area contributed by atoms with Crippen LogP contribution in [0.4, 0.5) is 24.7 Å². The molecule has 0 saturated carbocycles. The van der Waals surface area contributed by atoms with E-state index in [1.165, 1.54) is 18.5 Å². The normalized spacial score (nSPS) is 10.8. The average Bonchev–Trinajstić information content (AvgIpc) is 2.39. The smallest absolute Gasteiger partial charge is 0.338 e. The van der Waals surface area contributed by atoms with Gasteiger partial charge in [0, 0.05) is 0 Å². The van der Waals surface area contributed by atoms with Gasteiger partial charge in [-0.15, -0.1) is 0 Å². The predicted octanol–water partition coefficient (Wildman–Crippen LogP) is 2.51. The second-order valence-corrected chi connectivity index (χ2v) is 3.45. The van der Waals surface area contributed by atoms with Gasteiger partial charge in [-0.25, -0.2) is 15.0 Å². The first kappa shape index (κ1) is 12.8. The van der Waals surface area contributed by atoms with Crippen LogP contribution in [-0.4, -0.2) is 15.0 Å². The number of pyridine rings is 1. The van der Waals surface area contributed by atoms with Crippen LogP contribution in [0.1, 0.15) is 11.4 Å². The summed E-state index contributed by atoms with van der Waals surface area (Å²) in [5.74, 6) is 0.306. The molecule has 8 heteroatoms. The molecule has 0 aliphatic carbocycles. The molecule has 0 spiro atoms. The third-order valence-corrected chi connectivity index (χ3v) is 2.09. The zero-order valence-electron chi connectivity index (χ0n) is 9.31. The third kappa shape index (κ3) is 3.16. The summed E-state index contributed by atoms with van der Waals surface area (Å²) in [5, 5.41) is 11.3. The second kappa shape index (κ2) is 4.89. The topological polar surface area (TPSA) is 74.5 Å². The van der Waals surface area contributed by atoms with E-state index >= 15 is 0 Å². The first-order chi connectivity index (χ1) is 8.99. The Morgan fingerprint density at radius 3 is 2.32 bits per heavy atom. The molecule has 0 bridgehead atoms. The van der Waals surface area contributed by atoms with Crippen LogP contribution in [0.3, 0.4) is 0 Å². The molecule has 5 nitrogen and oxygen atoms in total. The summed E-state index contributed by atoms with van der Waals surface area (Å²) in [4.78, 5) is 10.9. The molecule has 0 aliphatic heterocycles. The van der Waals surface area contributed by atoms with E-state index < -0.39 is 11.9 Å². The van der Waals surface area contributed by atoms with Gasteiger partial charge in [0.1, 0.15) is 17.6 Å².